The summed E-state index contributed by atoms with van der Waals surface area (Å²) < 4.78 is 34.2. The van der Waals surface area contributed by atoms with E-state index in [1.165, 1.54) is 19.2 Å². The Balaban J connectivity index is 0.00000274. The van der Waals surface area contributed by atoms with E-state index in [9.17, 15) is 13.6 Å². The maximum absolute atomic E-state index is 13.9. The van der Waals surface area contributed by atoms with Gasteiger partial charge in [-0.05, 0) is 42.5 Å². The normalized spacial score (nSPS) is 16.8. The van der Waals surface area contributed by atoms with Crippen molar-refractivity contribution in [2.24, 2.45) is 0 Å². The maximum atomic E-state index is 13.9. The van der Waals surface area contributed by atoms with Crippen LogP contribution in [0.3, 0.4) is 0 Å². The summed E-state index contributed by atoms with van der Waals surface area (Å²) in [6, 6.07) is 2.37. The SMILES string of the molecule is COc1c(F)cc(Cn2cc(CCc3ncc4c(n3)N3CCC[C@H]3C(=O)N4C)cn2)cc1F.S. The first-order valence-corrected chi connectivity index (χ1v) is 10.9. The third kappa shape index (κ3) is 4.31. The van der Waals surface area contributed by atoms with E-state index in [0.29, 0.717) is 24.2 Å². The summed E-state index contributed by atoms with van der Waals surface area (Å²) in [5, 5.41) is 4.31. The number of rotatable bonds is 6. The number of hydrogen-bond donors (Lipinski definition) is 0. The second-order valence-electron chi connectivity index (χ2n) is 8.38. The Labute approximate surface area is 203 Å². The van der Waals surface area contributed by atoms with Gasteiger partial charge in [-0.1, -0.05) is 0 Å². The zero-order valence-electron chi connectivity index (χ0n) is 19.0. The topological polar surface area (TPSA) is 76.4 Å². The van der Waals surface area contributed by atoms with Crippen molar-refractivity contribution >= 4 is 30.9 Å². The van der Waals surface area contributed by atoms with Gasteiger partial charge in [0.25, 0.3) is 0 Å². The molecule has 1 amide bonds. The quantitative estimate of drug-likeness (QED) is 0.531. The lowest BCUT2D eigenvalue weighted by atomic mass is 10.1. The number of carbonyl (C=O) groups is 1. The minimum atomic E-state index is -0.739. The van der Waals surface area contributed by atoms with Crippen LogP contribution in [0.25, 0.3) is 0 Å². The van der Waals surface area contributed by atoms with Crippen LogP contribution in [0.1, 0.15) is 29.8 Å². The third-order valence-electron chi connectivity index (χ3n) is 6.23. The predicted molar refractivity (Wildman–Crippen MR) is 128 cm³/mol. The molecule has 0 N–H and O–H groups in total. The monoisotopic (exact) mass is 488 g/mol. The number of carbonyl (C=O) groups excluding carboxylic acids is 1. The molecule has 0 radical (unpaired) electrons. The van der Waals surface area contributed by atoms with Crippen molar-refractivity contribution in [3.8, 4) is 5.75 Å². The Kier molecular flexibility index (Phi) is 6.74. The molecule has 1 saturated heterocycles. The predicted octanol–water partition coefficient (Wildman–Crippen LogP) is 2.85. The average Bonchev–Trinajstić information content (AvgIpc) is 3.46. The molecule has 0 unspecified atom stereocenters. The number of fused-ring (bicyclic) bond motifs is 3. The molecule has 0 aliphatic carbocycles. The first-order chi connectivity index (χ1) is 15.9. The van der Waals surface area contributed by atoms with E-state index in [1.807, 2.05) is 6.20 Å². The van der Waals surface area contributed by atoms with Gasteiger partial charge in [0.05, 0.1) is 26.0 Å². The highest BCUT2D eigenvalue weighted by molar-refractivity contribution is 7.59. The number of anilines is 2. The minimum absolute atomic E-state index is 0. The van der Waals surface area contributed by atoms with Gasteiger partial charge in [0.1, 0.15) is 17.6 Å². The largest absolute Gasteiger partial charge is 0.491 e. The fraction of sp³-hybridized carbons (Fsp3) is 0.391. The van der Waals surface area contributed by atoms with Crippen LogP contribution in [-0.2, 0) is 24.2 Å². The second kappa shape index (κ2) is 9.57. The van der Waals surface area contributed by atoms with Gasteiger partial charge in [0.15, 0.2) is 23.2 Å². The van der Waals surface area contributed by atoms with Crippen LogP contribution in [0.15, 0.2) is 30.7 Å². The molecular formula is C23H26F2N6O2S. The highest BCUT2D eigenvalue weighted by Gasteiger charge is 2.40. The van der Waals surface area contributed by atoms with Crippen molar-refractivity contribution in [1.82, 2.24) is 19.7 Å². The summed E-state index contributed by atoms with van der Waals surface area (Å²) in [5.41, 5.74) is 2.17. The molecular weight excluding hydrogens is 462 g/mol. The molecule has 1 aromatic carbocycles. The highest BCUT2D eigenvalue weighted by atomic mass is 32.1. The van der Waals surface area contributed by atoms with Crippen molar-refractivity contribution in [2.75, 3.05) is 30.5 Å². The van der Waals surface area contributed by atoms with Crippen molar-refractivity contribution < 1.29 is 18.3 Å². The van der Waals surface area contributed by atoms with Crippen LogP contribution < -0.4 is 14.5 Å². The molecule has 0 saturated carbocycles. The standard InChI is InChI=1S/C23H24F2N6O2.H2S/c1-29-19-11-26-20(28-22(19)31-7-3-4-18(31)23(29)32)6-5-14-10-27-30(12-14)13-15-8-16(24)21(33-2)17(25)9-15;/h8-12,18H,3-7,13H2,1-2H3;1H2/t18-;/m0./s1. The molecule has 34 heavy (non-hydrogen) atoms. The van der Waals surface area contributed by atoms with Gasteiger partial charge >= 0.3 is 0 Å². The number of likely N-dealkylation sites (N-methyl/N-ethyl adjacent to an activating group) is 1. The summed E-state index contributed by atoms with van der Waals surface area (Å²) in [7, 11) is 3.00. The van der Waals surface area contributed by atoms with Crippen molar-refractivity contribution in [2.45, 2.75) is 38.3 Å². The zero-order chi connectivity index (χ0) is 23.1. The van der Waals surface area contributed by atoms with E-state index < -0.39 is 11.6 Å². The number of benzene rings is 1. The van der Waals surface area contributed by atoms with Crippen LogP contribution in [0.2, 0.25) is 0 Å². The Hall–Kier alpha value is -3.21. The van der Waals surface area contributed by atoms with Gasteiger partial charge in [-0.25, -0.2) is 18.7 Å². The van der Waals surface area contributed by atoms with E-state index in [4.69, 9.17) is 9.72 Å². The fourth-order valence-electron chi connectivity index (χ4n) is 4.55. The molecule has 1 fully saturated rings. The Morgan fingerprint density at radius 1 is 1.15 bits per heavy atom. The Morgan fingerprint density at radius 2 is 1.91 bits per heavy atom. The van der Waals surface area contributed by atoms with Crippen molar-refractivity contribution in [1.29, 1.82) is 0 Å². The van der Waals surface area contributed by atoms with Crippen molar-refractivity contribution in [3.05, 3.63) is 59.3 Å². The number of hydrogen-bond acceptors (Lipinski definition) is 6. The van der Waals surface area contributed by atoms with Crippen LogP contribution in [0.5, 0.6) is 5.75 Å². The van der Waals surface area contributed by atoms with E-state index in [-0.39, 0.29) is 37.7 Å². The molecule has 2 aromatic heterocycles. The van der Waals surface area contributed by atoms with E-state index in [0.717, 1.165) is 36.5 Å². The van der Waals surface area contributed by atoms with E-state index >= 15 is 0 Å². The summed E-state index contributed by atoms with van der Waals surface area (Å²) in [5.74, 6) is -0.242. The van der Waals surface area contributed by atoms with E-state index in [2.05, 4.69) is 15.0 Å². The molecule has 8 nitrogen and oxygen atoms in total. The van der Waals surface area contributed by atoms with Gasteiger partial charge < -0.3 is 14.5 Å². The maximum Gasteiger partial charge on any atom is 0.249 e. The number of ether oxygens (including phenoxy) is 1. The average molecular weight is 489 g/mol. The molecule has 2 aliphatic heterocycles. The highest BCUT2D eigenvalue weighted by Crippen LogP contribution is 2.37. The molecule has 11 heteroatoms. The van der Waals surface area contributed by atoms with Gasteiger partial charge in [-0.3, -0.25) is 9.48 Å². The number of nitrogens with zero attached hydrogens (tertiary/aromatic N) is 6. The van der Waals surface area contributed by atoms with Crippen LogP contribution in [0.4, 0.5) is 20.3 Å². The molecule has 0 spiro atoms. The van der Waals surface area contributed by atoms with Gasteiger partial charge in [0, 0.05) is 26.2 Å². The molecule has 5 rings (SSSR count). The van der Waals surface area contributed by atoms with Gasteiger partial charge in [-0.2, -0.15) is 18.6 Å². The molecule has 4 heterocycles. The lowest BCUT2D eigenvalue weighted by molar-refractivity contribution is -0.119. The summed E-state index contributed by atoms with van der Waals surface area (Å²) >= 11 is 0. The smallest absolute Gasteiger partial charge is 0.249 e. The summed E-state index contributed by atoms with van der Waals surface area (Å²) in [6.45, 7) is 1.07. The van der Waals surface area contributed by atoms with E-state index in [1.54, 1.807) is 29.0 Å². The zero-order valence-corrected chi connectivity index (χ0v) is 20.0. The third-order valence-corrected chi connectivity index (χ3v) is 6.23. The lowest BCUT2D eigenvalue weighted by Gasteiger charge is -2.36. The van der Waals surface area contributed by atoms with Gasteiger partial charge in [-0.15, -0.1) is 0 Å². The summed E-state index contributed by atoms with van der Waals surface area (Å²) in [4.78, 5) is 25.5. The molecule has 180 valence electrons. The molecule has 0 bridgehead atoms. The van der Waals surface area contributed by atoms with Gasteiger partial charge in [0.2, 0.25) is 5.91 Å². The Morgan fingerprint density at radius 3 is 2.65 bits per heavy atom. The first-order valence-electron chi connectivity index (χ1n) is 10.9. The van der Waals surface area contributed by atoms with Crippen LogP contribution >= 0.6 is 13.5 Å². The Bertz CT molecular complexity index is 1200. The number of aryl methyl sites for hydroxylation is 2. The number of halogens is 2. The first kappa shape index (κ1) is 23.9. The molecule has 2 aliphatic rings. The minimum Gasteiger partial charge on any atom is -0.491 e. The summed E-state index contributed by atoms with van der Waals surface area (Å²) in [6.07, 6.45) is 8.41. The number of aromatic nitrogens is 4. The molecule has 3 aromatic rings. The lowest BCUT2D eigenvalue weighted by Crippen LogP contribution is -2.49. The fourth-order valence-corrected chi connectivity index (χ4v) is 4.55. The van der Waals surface area contributed by atoms with Crippen LogP contribution in [-0.4, -0.2) is 52.4 Å². The second-order valence-corrected chi connectivity index (χ2v) is 8.38. The van der Waals surface area contributed by atoms with Crippen molar-refractivity contribution in [3.63, 3.8) is 0 Å². The van der Waals surface area contributed by atoms with Crippen LogP contribution in [0, 0.1) is 11.6 Å². The number of amides is 1. The number of methoxy groups -OCH3 is 1. The molecule has 1 atom stereocenters.